The van der Waals surface area contributed by atoms with Gasteiger partial charge in [0.05, 0.1) is 22.7 Å². The molecule has 3 aliphatic rings. The first kappa shape index (κ1) is 19.3. The van der Waals surface area contributed by atoms with Gasteiger partial charge in [0.15, 0.2) is 5.65 Å². The second-order valence-corrected chi connectivity index (χ2v) is 8.94. The number of nitrogens with one attached hydrogen (secondary N) is 2. The summed E-state index contributed by atoms with van der Waals surface area (Å²) in [5, 5.41) is 11.6. The van der Waals surface area contributed by atoms with Crippen molar-refractivity contribution in [1.82, 2.24) is 30.3 Å². The first-order chi connectivity index (χ1) is 14.6. The molecule has 8 heteroatoms. The predicted molar refractivity (Wildman–Crippen MR) is 113 cm³/mol. The van der Waals surface area contributed by atoms with E-state index in [1.807, 2.05) is 18.0 Å². The minimum atomic E-state index is -0.132. The quantitative estimate of drug-likeness (QED) is 0.810. The summed E-state index contributed by atoms with van der Waals surface area (Å²) in [7, 11) is 3.53. The van der Waals surface area contributed by atoms with Gasteiger partial charge < -0.3 is 15.5 Å². The number of hydrogen-bond donors (Lipinski definition) is 2. The van der Waals surface area contributed by atoms with Crippen LogP contribution in [0.25, 0.3) is 11.0 Å². The lowest BCUT2D eigenvalue weighted by Crippen LogP contribution is -2.43. The lowest BCUT2D eigenvalue weighted by atomic mass is 10.0. The molecular weight excluding hydrogens is 380 g/mol. The highest BCUT2D eigenvalue weighted by molar-refractivity contribution is 6.06. The molecule has 3 fully saturated rings. The average Bonchev–Trinajstić information content (AvgIpc) is 3.13. The highest BCUT2D eigenvalue weighted by atomic mass is 16.2. The zero-order valence-corrected chi connectivity index (χ0v) is 17.8. The molecule has 0 spiro atoms. The molecule has 2 N–H and O–H groups in total. The molecule has 30 heavy (non-hydrogen) atoms. The highest BCUT2D eigenvalue weighted by Crippen LogP contribution is 2.42. The van der Waals surface area contributed by atoms with Crippen molar-refractivity contribution in [2.24, 2.45) is 7.05 Å². The van der Waals surface area contributed by atoms with Gasteiger partial charge >= 0.3 is 6.03 Å². The summed E-state index contributed by atoms with van der Waals surface area (Å²) in [5.41, 5.74) is 3.12. The minimum absolute atomic E-state index is 0.00717. The van der Waals surface area contributed by atoms with E-state index in [0.29, 0.717) is 18.0 Å². The van der Waals surface area contributed by atoms with E-state index in [2.05, 4.69) is 10.6 Å². The van der Waals surface area contributed by atoms with Crippen LogP contribution in [0.3, 0.4) is 0 Å². The SMILES string of the molecule is CNC(=O)c1cc(C2CC2)nc2c1c(C1CCCN1C(=O)NC1CCCC1)nn2C. The number of rotatable bonds is 4. The summed E-state index contributed by atoms with van der Waals surface area (Å²) in [4.78, 5) is 32.6. The summed E-state index contributed by atoms with van der Waals surface area (Å²) in [5.74, 6) is 0.315. The zero-order chi connectivity index (χ0) is 20.8. The van der Waals surface area contributed by atoms with Gasteiger partial charge in [-0.25, -0.2) is 9.78 Å². The van der Waals surface area contributed by atoms with Gasteiger partial charge in [0.2, 0.25) is 0 Å². The van der Waals surface area contributed by atoms with Crippen molar-refractivity contribution in [2.45, 2.75) is 69.4 Å². The molecule has 1 saturated heterocycles. The third-order valence-corrected chi connectivity index (χ3v) is 6.82. The molecule has 1 aliphatic heterocycles. The maximum atomic E-state index is 13.0. The first-order valence-electron chi connectivity index (χ1n) is 11.2. The number of urea groups is 1. The van der Waals surface area contributed by atoms with Gasteiger partial charge in [0.25, 0.3) is 5.91 Å². The number of carbonyl (C=O) groups excluding carboxylic acids is 2. The van der Waals surface area contributed by atoms with Crippen LogP contribution in [0.2, 0.25) is 0 Å². The van der Waals surface area contributed by atoms with Crippen LogP contribution in [0.15, 0.2) is 6.07 Å². The van der Waals surface area contributed by atoms with E-state index in [0.717, 1.165) is 60.9 Å². The van der Waals surface area contributed by atoms with Crippen LogP contribution in [0.1, 0.15) is 85.1 Å². The van der Waals surface area contributed by atoms with Crippen molar-refractivity contribution in [3.8, 4) is 0 Å². The highest BCUT2D eigenvalue weighted by Gasteiger charge is 2.36. The fourth-order valence-electron chi connectivity index (χ4n) is 5.05. The summed E-state index contributed by atoms with van der Waals surface area (Å²) < 4.78 is 1.77. The van der Waals surface area contributed by atoms with Gasteiger partial charge in [-0.05, 0) is 44.6 Å². The average molecular weight is 411 g/mol. The molecule has 0 aromatic carbocycles. The molecule has 5 rings (SSSR count). The van der Waals surface area contributed by atoms with Crippen molar-refractivity contribution < 1.29 is 9.59 Å². The van der Waals surface area contributed by atoms with E-state index in [9.17, 15) is 9.59 Å². The monoisotopic (exact) mass is 410 g/mol. The molecule has 2 aromatic heterocycles. The topological polar surface area (TPSA) is 92.2 Å². The molecule has 0 bridgehead atoms. The largest absolute Gasteiger partial charge is 0.355 e. The summed E-state index contributed by atoms with van der Waals surface area (Å²) >= 11 is 0. The van der Waals surface area contributed by atoms with Crippen molar-refractivity contribution in [3.05, 3.63) is 23.0 Å². The molecule has 160 valence electrons. The predicted octanol–water partition coefficient (Wildman–Crippen LogP) is 2.99. The minimum Gasteiger partial charge on any atom is -0.355 e. The molecule has 2 saturated carbocycles. The summed E-state index contributed by atoms with van der Waals surface area (Å²) in [6.07, 6.45) is 8.51. The molecule has 2 aliphatic carbocycles. The standard InChI is InChI=1S/C22H30N6O2/c1-23-21(29)15-12-16(13-9-10-13)25-20-18(15)19(26-27(20)2)17-8-5-11-28(17)22(30)24-14-6-3-4-7-14/h12-14,17H,3-11H2,1-2H3,(H,23,29)(H,24,30). The molecule has 2 aromatic rings. The van der Waals surface area contributed by atoms with Crippen LogP contribution in [-0.4, -0.2) is 51.2 Å². The van der Waals surface area contributed by atoms with E-state index in [1.165, 1.54) is 12.8 Å². The zero-order valence-electron chi connectivity index (χ0n) is 17.8. The molecule has 0 radical (unpaired) electrons. The summed E-state index contributed by atoms with van der Waals surface area (Å²) in [6.45, 7) is 0.712. The van der Waals surface area contributed by atoms with E-state index < -0.39 is 0 Å². The number of nitrogens with zero attached hydrogens (tertiary/aromatic N) is 4. The van der Waals surface area contributed by atoms with Gasteiger partial charge in [0.1, 0.15) is 0 Å². The number of amides is 3. The molecular formula is C22H30N6O2. The van der Waals surface area contributed by atoms with E-state index in [-0.39, 0.29) is 24.0 Å². The van der Waals surface area contributed by atoms with Crippen LogP contribution in [0, 0.1) is 0 Å². The van der Waals surface area contributed by atoms with Gasteiger partial charge in [-0.15, -0.1) is 0 Å². The van der Waals surface area contributed by atoms with Crippen molar-refractivity contribution in [2.75, 3.05) is 13.6 Å². The lowest BCUT2D eigenvalue weighted by Gasteiger charge is -2.26. The van der Waals surface area contributed by atoms with Crippen LogP contribution in [0.4, 0.5) is 4.79 Å². The molecule has 1 atom stereocenters. The van der Waals surface area contributed by atoms with Crippen molar-refractivity contribution >= 4 is 23.0 Å². The van der Waals surface area contributed by atoms with Gasteiger partial charge in [-0.1, -0.05) is 12.8 Å². The van der Waals surface area contributed by atoms with Crippen LogP contribution < -0.4 is 10.6 Å². The Morgan fingerprint density at radius 1 is 1.10 bits per heavy atom. The second kappa shape index (κ2) is 7.56. The van der Waals surface area contributed by atoms with Gasteiger partial charge in [-0.3, -0.25) is 9.48 Å². The second-order valence-electron chi connectivity index (χ2n) is 8.94. The molecule has 8 nitrogen and oxygen atoms in total. The van der Waals surface area contributed by atoms with E-state index >= 15 is 0 Å². The first-order valence-corrected chi connectivity index (χ1v) is 11.2. The third kappa shape index (κ3) is 3.32. The fraction of sp³-hybridized carbons (Fsp3) is 0.636. The maximum absolute atomic E-state index is 13.0. The third-order valence-electron chi connectivity index (χ3n) is 6.82. The Morgan fingerprint density at radius 2 is 1.87 bits per heavy atom. The van der Waals surface area contributed by atoms with E-state index in [1.54, 1.807) is 11.7 Å². The van der Waals surface area contributed by atoms with Gasteiger partial charge in [-0.2, -0.15) is 5.10 Å². The number of aromatic nitrogens is 3. The Morgan fingerprint density at radius 3 is 2.57 bits per heavy atom. The molecule has 3 heterocycles. The number of aryl methyl sites for hydroxylation is 1. The Kier molecular flexibility index (Phi) is 4.87. The van der Waals surface area contributed by atoms with Crippen molar-refractivity contribution in [1.29, 1.82) is 0 Å². The lowest BCUT2D eigenvalue weighted by molar-refractivity contribution is 0.0964. The van der Waals surface area contributed by atoms with Crippen molar-refractivity contribution in [3.63, 3.8) is 0 Å². The number of fused-ring (bicyclic) bond motifs is 1. The van der Waals surface area contributed by atoms with Crippen LogP contribution in [-0.2, 0) is 7.05 Å². The normalized spacial score (nSPS) is 22.1. The Hall–Kier alpha value is -2.64. The number of carbonyl (C=O) groups is 2. The van der Waals surface area contributed by atoms with Gasteiger partial charge in [0, 0.05) is 38.3 Å². The van der Waals surface area contributed by atoms with Crippen LogP contribution >= 0.6 is 0 Å². The number of likely N-dealkylation sites (tertiary alicyclic amines) is 1. The number of hydrogen-bond acceptors (Lipinski definition) is 4. The van der Waals surface area contributed by atoms with Crippen LogP contribution in [0.5, 0.6) is 0 Å². The maximum Gasteiger partial charge on any atom is 0.318 e. The smallest absolute Gasteiger partial charge is 0.318 e. The Labute approximate surface area is 176 Å². The summed E-state index contributed by atoms with van der Waals surface area (Å²) in [6, 6.07) is 2.07. The van der Waals surface area contributed by atoms with E-state index in [4.69, 9.17) is 10.1 Å². The molecule has 3 amide bonds. The fourth-order valence-corrected chi connectivity index (χ4v) is 5.05. The Bertz CT molecular complexity index is 989. The molecule has 1 unspecified atom stereocenters. The number of pyridine rings is 1. The Balaban J connectivity index is 1.54.